The number of nitrogens with one attached hydrogen (secondary N) is 2. The van der Waals surface area contributed by atoms with Crippen LogP contribution in [0.15, 0.2) is 6.07 Å². The highest BCUT2D eigenvalue weighted by Gasteiger charge is 2.24. The van der Waals surface area contributed by atoms with E-state index in [2.05, 4.69) is 15.4 Å². The van der Waals surface area contributed by atoms with Gasteiger partial charge in [-0.25, -0.2) is 18.4 Å². The summed E-state index contributed by atoms with van der Waals surface area (Å²) in [4.78, 5) is 72.4. The van der Waals surface area contributed by atoms with E-state index in [9.17, 15) is 46.3 Å². The van der Waals surface area contributed by atoms with Crippen LogP contribution in [0.4, 0.5) is 17.6 Å². The van der Waals surface area contributed by atoms with Crippen LogP contribution in [0.3, 0.4) is 0 Å². The number of halogens is 4. The lowest BCUT2D eigenvalue weighted by Gasteiger charge is -2.16. The van der Waals surface area contributed by atoms with Gasteiger partial charge in [0, 0.05) is 44.9 Å². The van der Waals surface area contributed by atoms with Crippen LogP contribution >= 0.6 is 0 Å². The summed E-state index contributed by atoms with van der Waals surface area (Å²) in [6.07, 6.45) is 17.3. The van der Waals surface area contributed by atoms with Crippen molar-refractivity contribution >= 4 is 35.5 Å². The van der Waals surface area contributed by atoms with Crippen LogP contribution in [-0.2, 0) is 57.2 Å². The molecular formula is C46H72F4N2O13. The molecule has 2 amide bonds. The molecular weight excluding hydrogens is 864 g/mol. The molecule has 65 heavy (non-hydrogen) atoms. The summed E-state index contributed by atoms with van der Waals surface area (Å²) in [7, 11) is 1.24. The van der Waals surface area contributed by atoms with Crippen LogP contribution in [0, 0.1) is 23.3 Å². The zero-order chi connectivity index (χ0) is 48.1. The maximum absolute atomic E-state index is 13.6. The number of amides is 2. The molecule has 0 saturated heterocycles. The molecule has 1 aromatic carbocycles. The number of hydrogen-bond acceptors (Lipinski definition) is 13. The molecule has 0 aliphatic carbocycles. The SMILES string of the molecule is COC(=O)[C@H](CCC(=O)CCCOCCOCC(=O)NCCOCCOCC(=O)Oc1c(F)c(F)cc(F)c1F)NC(=O)CCCCCCCCCCCCCCCCC(=O)OC(C)C. The molecule has 0 saturated carbocycles. The van der Waals surface area contributed by atoms with E-state index in [0.717, 1.165) is 44.9 Å². The molecule has 1 aromatic rings. The Morgan fingerprint density at radius 2 is 1.06 bits per heavy atom. The van der Waals surface area contributed by atoms with E-state index >= 15 is 0 Å². The van der Waals surface area contributed by atoms with E-state index in [4.69, 9.17) is 28.4 Å². The number of carbonyl (C=O) groups excluding carboxylic acids is 6. The molecule has 0 fully saturated rings. The van der Waals surface area contributed by atoms with E-state index in [1.54, 1.807) is 0 Å². The van der Waals surface area contributed by atoms with Gasteiger partial charge in [0.05, 0.1) is 46.2 Å². The van der Waals surface area contributed by atoms with Crippen molar-refractivity contribution in [1.29, 1.82) is 0 Å². The van der Waals surface area contributed by atoms with E-state index in [0.29, 0.717) is 19.3 Å². The maximum atomic E-state index is 13.6. The Kier molecular flexibility index (Phi) is 34.4. The molecule has 19 heteroatoms. The highest BCUT2D eigenvalue weighted by Crippen LogP contribution is 2.26. The number of benzene rings is 1. The van der Waals surface area contributed by atoms with Crippen LogP contribution in [0.5, 0.6) is 5.75 Å². The predicted octanol–water partition coefficient (Wildman–Crippen LogP) is 7.31. The molecule has 0 aliphatic heterocycles. The first-order chi connectivity index (χ1) is 31.2. The van der Waals surface area contributed by atoms with Crippen molar-refractivity contribution in [3.63, 3.8) is 0 Å². The Balaban J connectivity index is 1.98. The summed E-state index contributed by atoms with van der Waals surface area (Å²) in [5, 5.41) is 5.28. The zero-order valence-electron chi connectivity index (χ0n) is 38.6. The van der Waals surface area contributed by atoms with Crippen LogP contribution in [0.2, 0.25) is 0 Å². The van der Waals surface area contributed by atoms with Gasteiger partial charge in [0.2, 0.25) is 29.2 Å². The second-order valence-electron chi connectivity index (χ2n) is 15.8. The molecule has 0 bridgehead atoms. The molecule has 372 valence electrons. The van der Waals surface area contributed by atoms with Gasteiger partial charge in [-0.05, 0) is 39.5 Å². The number of hydrogen-bond donors (Lipinski definition) is 2. The zero-order valence-corrected chi connectivity index (χ0v) is 38.6. The lowest BCUT2D eigenvalue weighted by molar-refractivity contribution is -0.147. The first-order valence-electron chi connectivity index (χ1n) is 22.9. The van der Waals surface area contributed by atoms with Gasteiger partial charge in [-0.3, -0.25) is 19.2 Å². The fourth-order valence-electron chi connectivity index (χ4n) is 6.32. The molecule has 1 rings (SSSR count). The molecule has 0 aromatic heterocycles. The number of Topliss-reactive ketones (excluding diaryl/α,β-unsaturated/α-hetero) is 1. The molecule has 0 aliphatic rings. The number of ether oxygens (including phenoxy) is 7. The number of methoxy groups -OCH3 is 1. The van der Waals surface area contributed by atoms with E-state index in [1.165, 1.54) is 52.1 Å². The Morgan fingerprint density at radius 3 is 1.62 bits per heavy atom. The molecule has 0 heterocycles. The quantitative estimate of drug-likeness (QED) is 0.0219. The fourth-order valence-corrected chi connectivity index (χ4v) is 6.32. The number of esters is 3. The predicted molar refractivity (Wildman–Crippen MR) is 231 cm³/mol. The van der Waals surface area contributed by atoms with Crippen molar-refractivity contribution < 1.29 is 79.5 Å². The van der Waals surface area contributed by atoms with Gasteiger partial charge < -0.3 is 43.8 Å². The van der Waals surface area contributed by atoms with Crippen molar-refractivity contribution in [1.82, 2.24) is 10.6 Å². The third kappa shape index (κ3) is 31.4. The lowest BCUT2D eigenvalue weighted by Crippen LogP contribution is -2.41. The van der Waals surface area contributed by atoms with Gasteiger partial charge in [-0.2, -0.15) is 8.78 Å². The van der Waals surface area contributed by atoms with Gasteiger partial charge in [-0.15, -0.1) is 0 Å². The number of unbranched alkanes of at least 4 members (excludes halogenated alkanes) is 13. The van der Waals surface area contributed by atoms with Crippen molar-refractivity contribution in [2.75, 3.05) is 66.5 Å². The van der Waals surface area contributed by atoms with Gasteiger partial charge >= 0.3 is 17.9 Å². The second kappa shape index (κ2) is 38.0. The third-order valence-corrected chi connectivity index (χ3v) is 9.73. The minimum Gasteiger partial charge on any atom is -0.467 e. The minimum atomic E-state index is -1.85. The third-order valence-electron chi connectivity index (χ3n) is 9.73. The molecule has 0 unspecified atom stereocenters. The maximum Gasteiger partial charge on any atom is 0.337 e. The van der Waals surface area contributed by atoms with E-state index < -0.39 is 59.5 Å². The average molecular weight is 937 g/mol. The molecule has 0 radical (unpaired) electrons. The number of carbonyl (C=O) groups is 6. The Morgan fingerprint density at radius 1 is 0.554 bits per heavy atom. The smallest absolute Gasteiger partial charge is 0.337 e. The summed E-state index contributed by atoms with van der Waals surface area (Å²) in [6.45, 7) is 3.43. The fraction of sp³-hybridized carbons (Fsp3) is 0.739. The summed E-state index contributed by atoms with van der Waals surface area (Å²) in [5.74, 6) is -11.4. The molecule has 1 atom stereocenters. The lowest BCUT2D eigenvalue weighted by atomic mass is 10.0. The normalized spacial score (nSPS) is 11.6. The summed E-state index contributed by atoms with van der Waals surface area (Å²) in [6, 6.07) is -0.912. The van der Waals surface area contributed by atoms with Crippen molar-refractivity contribution in [3.05, 3.63) is 29.3 Å². The first-order valence-corrected chi connectivity index (χ1v) is 22.9. The van der Waals surface area contributed by atoms with Crippen molar-refractivity contribution in [2.24, 2.45) is 0 Å². The van der Waals surface area contributed by atoms with Crippen LogP contribution in [-0.4, -0.2) is 114 Å². The Bertz CT molecular complexity index is 1510. The van der Waals surface area contributed by atoms with Gasteiger partial charge in [0.15, 0.2) is 11.6 Å². The second-order valence-corrected chi connectivity index (χ2v) is 15.8. The van der Waals surface area contributed by atoms with Crippen molar-refractivity contribution in [3.8, 4) is 5.75 Å². The number of ketones is 1. The molecule has 0 spiro atoms. The van der Waals surface area contributed by atoms with Crippen LogP contribution in [0.25, 0.3) is 0 Å². The number of rotatable bonds is 41. The summed E-state index contributed by atoms with van der Waals surface area (Å²) in [5.41, 5.74) is 0. The monoisotopic (exact) mass is 936 g/mol. The Hall–Kier alpha value is -4.20. The minimum absolute atomic E-state index is 0.0136. The largest absolute Gasteiger partial charge is 0.467 e. The van der Waals surface area contributed by atoms with Crippen LogP contribution in [0.1, 0.15) is 142 Å². The topological polar surface area (TPSA) is 191 Å². The first kappa shape index (κ1) is 58.8. The Labute approximate surface area is 381 Å². The molecule has 15 nitrogen and oxygen atoms in total. The standard InChI is InChI=1S/C46H72F4N2O13/c1-34(2)64-41(56)21-17-15-13-11-9-7-5-4-6-8-10-12-14-16-20-39(54)52-38(46(58)59-3)23-22-35(53)19-18-25-60-27-29-62-32-40(55)51-24-26-61-28-30-63-33-42(57)65-45-43(49)36(47)31-37(48)44(45)50/h31,34,38H,4-30,32-33H2,1-3H3,(H,51,55)(H,52,54)/t38-/m0/s1. The van der Waals surface area contributed by atoms with Gasteiger partial charge in [0.25, 0.3) is 0 Å². The van der Waals surface area contributed by atoms with E-state index in [1.807, 2.05) is 13.8 Å². The van der Waals surface area contributed by atoms with Crippen LogP contribution < -0.4 is 15.4 Å². The highest BCUT2D eigenvalue weighted by atomic mass is 19.2. The van der Waals surface area contributed by atoms with E-state index in [-0.39, 0.29) is 102 Å². The average Bonchev–Trinajstić information content (AvgIpc) is 3.26. The van der Waals surface area contributed by atoms with Gasteiger partial charge in [-0.1, -0.05) is 77.0 Å². The summed E-state index contributed by atoms with van der Waals surface area (Å²) < 4.78 is 88.7. The molecule has 2 N–H and O–H groups in total. The van der Waals surface area contributed by atoms with Crippen molar-refractivity contribution in [2.45, 2.75) is 154 Å². The summed E-state index contributed by atoms with van der Waals surface area (Å²) >= 11 is 0. The van der Waals surface area contributed by atoms with Gasteiger partial charge in [0.1, 0.15) is 25.0 Å². The highest BCUT2D eigenvalue weighted by molar-refractivity contribution is 5.85.